The minimum Gasteiger partial charge on any atom is -0.359 e. The van der Waals surface area contributed by atoms with Crippen molar-refractivity contribution in [3.05, 3.63) is 57.6 Å². The molecule has 0 fully saturated rings. The van der Waals surface area contributed by atoms with Gasteiger partial charge in [-0.3, -0.25) is 9.59 Å². The first-order valence-corrected chi connectivity index (χ1v) is 10.4. The zero-order valence-corrected chi connectivity index (χ0v) is 18.3. The SMILES string of the molecule is CC(=O)Nc1cccc2c1CCCN2C(C)C(=O)NC(C)c1ccc(Cl)cc1Cl. The molecular weight excluding hydrogens is 409 g/mol. The molecule has 7 heteroatoms. The second-order valence-corrected chi connectivity index (χ2v) is 8.20. The van der Waals surface area contributed by atoms with Crippen LogP contribution in [0.1, 0.15) is 44.4 Å². The van der Waals surface area contributed by atoms with Gasteiger partial charge in [0.25, 0.3) is 0 Å². The first-order valence-electron chi connectivity index (χ1n) is 9.69. The summed E-state index contributed by atoms with van der Waals surface area (Å²) in [6.07, 6.45) is 1.78. The van der Waals surface area contributed by atoms with Crippen molar-refractivity contribution >= 4 is 46.4 Å². The van der Waals surface area contributed by atoms with E-state index in [1.54, 1.807) is 12.1 Å². The highest BCUT2D eigenvalue weighted by Gasteiger charge is 2.28. The fourth-order valence-electron chi connectivity index (χ4n) is 3.77. The number of halogens is 2. The number of rotatable bonds is 5. The third kappa shape index (κ3) is 4.85. The van der Waals surface area contributed by atoms with Crippen LogP contribution in [-0.2, 0) is 16.0 Å². The van der Waals surface area contributed by atoms with Crippen molar-refractivity contribution in [3.8, 4) is 0 Å². The molecule has 0 radical (unpaired) electrons. The third-order valence-electron chi connectivity index (χ3n) is 5.23. The molecule has 2 unspecified atom stereocenters. The summed E-state index contributed by atoms with van der Waals surface area (Å²) in [5.74, 6) is -0.184. The number of hydrogen-bond donors (Lipinski definition) is 2. The topological polar surface area (TPSA) is 61.4 Å². The van der Waals surface area contributed by atoms with Crippen molar-refractivity contribution in [3.63, 3.8) is 0 Å². The van der Waals surface area contributed by atoms with Gasteiger partial charge in [0.05, 0.1) is 6.04 Å². The van der Waals surface area contributed by atoms with E-state index in [0.29, 0.717) is 10.0 Å². The number of hydrogen-bond acceptors (Lipinski definition) is 3. The van der Waals surface area contributed by atoms with Gasteiger partial charge in [0.15, 0.2) is 0 Å². The summed E-state index contributed by atoms with van der Waals surface area (Å²) in [6.45, 7) is 6.07. The number of fused-ring (bicyclic) bond motifs is 1. The van der Waals surface area contributed by atoms with Crippen LogP contribution in [0.3, 0.4) is 0 Å². The number of nitrogens with zero attached hydrogens (tertiary/aromatic N) is 1. The lowest BCUT2D eigenvalue weighted by Crippen LogP contribution is -2.48. The lowest BCUT2D eigenvalue weighted by Gasteiger charge is -2.36. The maximum absolute atomic E-state index is 13.0. The van der Waals surface area contributed by atoms with Crippen molar-refractivity contribution in [1.29, 1.82) is 0 Å². The third-order valence-corrected chi connectivity index (χ3v) is 5.79. The molecule has 2 atom stereocenters. The predicted molar refractivity (Wildman–Crippen MR) is 119 cm³/mol. The number of amides is 2. The molecule has 3 rings (SSSR count). The molecule has 1 aliphatic heterocycles. The molecule has 5 nitrogen and oxygen atoms in total. The van der Waals surface area contributed by atoms with E-state index in [-0.39, 0.29) is 23.9 Å². The van der Waals surface area contributed by atoms with E-state index < -0.39 is 0 Å². The van der Waals surface area contributed by atoms with Crippen LogP contribution in [-0.4, -0.2) is 24.4 Å². The number of benzene rings is 2. The van der Waals surface area contributed by atoms with Crippen molar-refractivity contribution in [2.24, 2.45) is 0 Å². The van der Waals surface area contributed by atoms with Gasteiger partial charge >= 0.3 is 0 Å². The van der Waals surface area contributed by atoms with E-state index in [1.165, 1.54) is 6.92 Å². The van der Waals surface area contributed by atoms with E-state index in [2.05, 4.69) is 15.5 Å². The Labute approximate surface area is 181 Å². The molecule has 154 valence electrons. The van der Waals surface area contributed by atoms with Crippen LogP contribution in [0, 0.1) is 0 Å². The van der Waals surface area contributed by atoms with Gasteiger partial charge in [-0.1, -0.05) is 35.3 Å². The summed E-state index contributed by atoms with van der Waals surface area (Å²) in [4.78, 5) is 26.6. The second-order valence-electron chi connectivity index (χ2n) is 7.35. The maximum Gasteiger partial charge on any atom is 0.242 e. The van der Waals surface area contributed by atoms with Gasteiger partial charge in [-0.15, -0.1) is 0 Å². The summed E-state index contributed by atoms with van der Waals surface area (Å²) >= 11 is 12.2. The molecule has 2 aromatic rings. The first-order chi connectivity index (χ1) is 13.8. The molecule has 29 heavy (non-hydrogen) atoms. The highest BCUT2D eigenvalue weighted by molar-refractivity contribution is 6.35. The predicted octanol–water partition coefficient (Wildman–Crippen LogP) is 4.97. The van der Waals surface area contributed by atoms with Crippen LogP contribution >= 0.6 is 23.2 Å². The van der Waals surface area contributed by atoms with E-state index >= 15 is 0 Å². The Kier molecular flexibility index (Phi) is 6.70. The van der Waals surface area contributed by atoms with Crippen LogP contribution in [0.4, 0.5) is 11.4 Å². The molecule has 0 saturated carbocycles. The number of nitrogens with one attached hydrogen (secondary N) is 2. The maximum atomic E-state index is 13.0. The van der Waals surface area contributed by atoms with Gasteiger partial charge in [0, 0.05) is 34.9 Å². The average molecular weight is 434 g/mol. The fraction of sp³-hybridized carbons (Fsp3) is 0.364. The molecule has 0 bridgehead atoms. The monoisotopic (exact) mass is 433 g/mol. The normalized spacial score (nSPS) is 15.3. The highest BCUT2D eigenvalue weighted by Crippen LogP contribution is 2.34. The first kappa shape index (κ1) is 21.5. The summed E-state index contributed by atoms with van der Waals surface area (Å²) in [6, 6.07) is 10.5. The highest BCUT2D eigenvalue weighted by atomic mass is 35.5. The van der Waals surface area contributed by atoms with Crippen LogP contribution in [0.2, 0.25) is 10.0 Å². The van der Waals surface area contributed by atoms with Gasteiger partial charge < -0.3 is 15.5 Å². The molecule has 0 aliphatic carbocycles. The number of carbonyl (C=O) groups is 2. The average Bonchev–Trinajstić information content (AvgIpc) is 2.66. The van der Waals surface area contributed by atoms with E-state index in [0.717, 1.165) is 41.9 Å². The summed E-state index contributed by atoms with van der Waals surface area (Å²) < 4.78 is 0. The molecule has 2 amide bonds. The molecule has 0 spiro atoms. The Morgan fingerprint density at radius 2 is 1.90 bits per heavy atom. The zero-order valence-electron chi connectivity index (χ0n) is 16.8. The van der Waals surface area contributed by atoms with Crippen LogP contribution in [0.15, 0.2) is 36.4 Å². The number of carbonyl (C=O) groups excluding carboxylic acids is 2. The lowest BCUT2D eigenvalue weighted by molar-refractivity contribution is -0.122. The van der Waals surface area contributed by atoms with Crippen molar-refractivity contribution in [1.82, 2.24) is 5.32 Å². The second kappa shape index (κ2) is 9.06. The van der Waals surface area contributed by atoms with Gasteiger partial charge in [-0.05, 0) is 62.1 Å². The van der Waals surface area contributed by atoms with Crippen LogP contribution < -0.4 is 15.5 Å². The van der Waals surface area contributed by atoms with Crippen molar-refractivity contribution in [2.75, 3.05) is 16.8 Å². The van der Waals surface area contributed by atoms with Gasteiger partial charge in [0.2, 0.25) is 11.8 Å². The minimum absolute atomic E-state index is 0.0821. The Morgan fingerprint density at radius 3 is 2.59 bits per heavy atom. The molecule has 0 aromatic heterocycles. The van der Waals surface area contributed by atoms with E-state index in [1.807, 2.05) is 38.1 Å². The summed E-state index contributed by atoms with van der Waals surface area (Å²) in [5.41, 5.74) is 3.70. The van der Waals surface area contributed by atoms with Gasteiger partial charge in [-0.25, -0.2) is 0 Å². The summed E-state index contributed by atoms with van der Waals surface area (Å²) in [5, 5.41) is 7.04. The fourth-order valence-corrected chi connectivity index (χ4v) is 4.34. The van der Waals surface area contributed by atoms with Crippen LogP contribution in [0.5, 0.6) is 0 Å². The Bertz CT molecular complexity index is 932. The Hall–Kier alpha value is -2.24. The van der Waals surface area contributed by atoms with Crippen molar-refractivity contribution < 1.29 is 9.59 Å². The molecule has 2 N–H and O–H groups in total. The Balaban J connectivity index is 1.78. The summed E-state index contributed by atoms with van der Waals surface area (Å²) in [7, 11) is 0. The van der Waals surface area contributed by atoms with Crippen molar-refractivity contribution in [2.45, 2.75) is 45.7 Å². The minimum atomic E-state index is -0.366. The van der Waals surface area contributed by atoms with Gasteiger partial charge in [-0.2, -0.15) is 0 Å². The molecule has 0 saturated heterocycles. The molecule has 2 aromatic carbocycles. The largest absolute Gasteiger partial charge is 0.359 e. The smallest absolute Gasteiger partial charge is 0.242 e. The standard InChI is InChI=1S/C22H25Cl2N3O2/c1-13(17-10-9-16(23)12-19(17)24)25-22(29)14(2)27-11-5-6-18-20(26-15(3)28)7-4-8-21(18)27/h4,7-10,12-14H,5-6,11H2,1-3H3,(H,25,29)(H,26,28). The molecule has 1 heterocycles. The van der Waals surface area contributed by atoms with E-state index in [4.69, 9.17) is 23.2 Å². The Morgan fingerprint density at radius 1 is 1.14 bits per heavy atom. The van der Waals surface area contributed by atoms with Gasteiger partial charge in [0.1, 0.15) is 6.04 Å². The quantitative estimate of drug-likeness (QED) is 0.699. The lowest BCUT2D eigenvalue weighted by atomic mass is 9.98. The van der Waals surface area contributed by atoms with Crippen LogP contribution in [0.25, 0.3) is 0 Å². The zero-order chi connectivity index (χ0) is 21.1. The molecular formula is C22H25Cl2N3O2. The number of anilines is 2. The van der Waals surface area contributed by atoms with E-state index in [9.17, 15) is 9.59 Å². The molecule has 1 aliphatic rings.